The van der Waals surface area contributed by atoms with Gasteiger partial charge in [-0.3, -0.25) is 14.6 Å². The molecule has 1 aliphatic heterocycles. The maximum absolute atomic E-state index is 6.07. The Morgan fingerprint density at radius 3 is 2.85 bits per heavy atom. The molecule has 3 aromatic heterocycles. The van der Waals surface area contributed by atoms with Crippen molar-refractivity contribution in [3.8, 4) is 22.5 Å². The monoisotopic (exact) mass is 359 g/mol. The zero-order valence-corrected chi connectivity index (χ0v) is 15.1. The summed E-state index contributed by atoms with van der Waals surface area (Å²) in [6.07, 6.45) is 4.02. The Hall–Kier alpha value is -3.25. The number of hydrogen-bond donors (Lipinski definition) is 1. The highest BCUT2D eigenvalue weighted by atomic mass is 16.0. The van der Waals surface area contributed by atoms with Gasteiger partial charge in [0.1, 0.15) is 5.69 Å². The molecule has 5 rings (SSSR count). The third-order valence-electron chi connectivity index (χ3n) is 5.01. The molecule has 0 bridgehead atoms. The van der Waals surface area contributed by atoms with Crippen LogP contribution in [0.2, 0.25) is 0 Å². The van der Waals surface area contributed by atoms with Crippen molar-refractivity contribution < 1.29 is 5.48 Å². The number of nitrogens with two attached hydrogens (primary N) is 1. The van der Waals surface area contributed by atoms with Gasteiger partial charge in [-0.25, -0.2) is 0 Å². The van der Waals surface area contributed by atoms with Crippen LogP contribution in [0.15, 0.2) is 48.7 Å². The lowest BCUT2D eigenvalue weighted by Crippen LogP contribution is -1.95. The molecule has 4 aromatic rings. The first-order chi connectivity index (χ1) is 12.7. The van der Waals surface area contributed by atoms with E-state index in [4.69, 9.17) is 15.8 Å². The summed E-state index contributed by atoms with van der Waals surface area (Å²) >= 11 is 0. The first kappa shape index (κ1) is 17.2. The van der Waals surface area contributed by atoms with Gasteiger partial charge < -0.3 is 11.2 Å². The predicted molar refractivity (Wildman–Crippen MR) is 107 cm³/mol. The number of nitrogens with zero attached hydrogens (tertiary/aromatic N) is 4. The fourth-order valence-electron chi connectivity index (χ4n) is 3.85. The summed E-state index contributed by atoms with van der Waals surface area (Å²) < 4.78 is 2.13. The molecule has 0 radical (unpaired) electrons. The van der Waals surface area contributed by atoms with Gasteiger partial charge in [0.25, 0.3) is 0 Å². The van der Waals surface area contributed by atoms with E-state index in [9.17, 15) is 0 Å². The van der Waals surface area contributed by atoms with Crippen LogP contribution in [0.3, 0.4) is 0 Å². The topological polar surface area (TPSA) is 101 Å². The fraction of sp³-hybridized carbons (Fsp3) is 0.190. The van der Waals surface area contributed by atoms with Gasteiger partial charge in [0, 0.05) is 40.8 Å². The van der Waals surface area contributed by atoms with Gasteiger partial charge in [-0.1, -0.05) is 6.07 Å². The normalized spacial score (nSPS) is 12.8. The van der Waals surface area contributed by atoms with E-state index in [0.717, 1.165) is 58.6 Å². The third-order valence-corrected chi connectivity index (χ3v) is 5.01. The SMILES string of the molecule is Cc1cccc(-c2nn3c(c2-c2ccnc4ccc(N)cc24)CCC3)n1.O. The van der Waals surface area contributed by atoms with E-state index in [2.05, 4.69) is 15.7 Å². The lowest BCUT2D eigenvalue weighted by Gasteiger charge is -2.09. The average molecular weight is 359 g/mol. The van der Waals surface area contributed by atoms with Gasteiger partial charge in [0.05, 0.1) is 11.2 Å². The van der Waals surface area contributed by atoms with Crippen LogP contribution in [-0.4, -0.2) is 25.2 Å². The van der Waals surface area contributed by atoms with E-state index in [1.807, 2.05) is 49.5 Å². The molecule has 6 heteroatoms. The molecular formula is C21H21N5O. The van der Waals surface area contributed by atoms with Gasteiger partial charge in [-0.15, -0.1) is 0 Å². The maximum Gasteiger partial charge on any atom is 0.119 e. The second-order valence-corrected chi connectivity index (χ2v) is 6.80. The second-order valence-electron chi connectivity index (χ2n) is 6.80. The van der Waals surface area contributed by atoms with Gasteiger partial charge in [-0.2, -0.15) is 5.10 Å². The molecule has 0 saturated heterocycles. The van der Waals surface area contributed by atoms with Crippen LogP contribution in [0.5, 0.6) is 0 Å². The van der Waals surface area contributed by atoms with Crippen molar-refractivity contribution in [3.63, 3.8) is 0 Å². The Kier molecular flexibility index (Phi) is 4.12. The number of fused-ring (bicyclic) bond motifs is 2. The Labute approximate surface area is 157 Å². The average Bonchev–Trinajstić information content (AvgIpc) is 3.22. The molecular weight excluding hydrogens is 338 g/mol. The molecule has 1 aromatic carbocycles. The van der Waals surface area contributed by atoms with E-state index in [0.29, 0.717) is 0 Å². The molecule has 0 aliphatic carbocycles. The standard InChI is InChI=1S/C21H19N5.H2O/c1-13-4-2-5-18(24-13)21-20(19-6-3-11-26(19)25-21)15-9-10-23-17-8-7-14(22)12-16(15)17;/h2,4-5,7-10,12H,3,6,11,22H2,1H3;1H2. The molecule has 6 nitrogen and oxygen atoms in total. The largest absolute Gasteiger partial charge is 0.412 e. The smallest absolute Gasteiger partial charge is 0.119 e. The number of anilines is 1. The molecule has 0 saturated carbocycles. The number of aryl methyl sites for hydroxylation is 2. The van der Waals surface area contributed by atoms with E-state index < -0.39 is 0 Å². The highest BCUT2D eigenvalue weighted by Gasteiger charge is 2.25. The summed E-state index contributed by atoms with van der Waals surface area (Å²) in [6, 6.07) is 14.0. The molecule has 0 amide bonds. The number of pyridine rings is 2. The molecule has 1 aliphatic rings. The van der Waals surface area contributed by atoms with Crippen molar-refractivity contribution >= 4 is 16.6 Å². The van der Waals surface area contributed by atoms with Gasteiger partial charge in [-0.05, 0) is 61.7 Å². The van der Waals surface area contributed by atoms with Crippen molar-refractivity contribution in [2.45, 2.75) is 26.3 Å². The molecule has 4 heterocycles. The van der Waals surface area contributed by atoms with Gasteiger partial charge in [0.15, 0.2) is 0 Å². The van der Waals surface area contributed by atoms with E-state index in [1.54, 1.807) is 0 Å². The molecule has 136 valence electrons. The number of hydrogen-bond acceptors (Lipinski definition) is 4. The Morgan fingerprint density at radius 1 is 1.11 bits per heavy atom. The van der Waals surface area contributed by atoms with Crippen molar-refractivity contribution in [1.82, 2.24) is 19.7 Å². The molecule has 0 spiro atoms. The third kappa shape index (κ3) is 2.74. The zero-order valence-electron chi connectivity index (χ0n) is 15.1. The Bertz CT molecular complexity index is 1150. The predicted octanol–water partition coefficient (Wildman–Crippen LogP) is 3.17. The molecule has 0 unspecified atom stereocenters. The minimum Gasteiger partial charge on any atom is -0.412 e. The van der Waals surface area contributed by atoms with Crippen LogP contribution in [0.25, 0.3) is 33.4 Å². The first-order valence-corrected chi connectivity index (χ1v) is 8.89. The summed E-state index contributed by atoms with van der Waals surface area (Å²) in [5.41, 5.74) is 14.2. The molecule has 27 heavy (non-hydrogen) atoms. The van der Waals surface area contributed by atoms with Crippen molar-refractivity contribution in [2.24, 2.45) is 0 Å². The quantitative estimate of drug-likeness (QED) is 0.555. The van der Waals surface area contributed by atoms with Gasteiger partial charge >= 0.3 is 0 Å². The number of aromatic nitrogens is 4. The van der Waals surface area contributed by atoms with Crippen LogP contribution < -0.4 is 5.73 Å². The second kappa shape index (κ2) is 6.48. The summed E-state index contributed by atoms with van der Waals surface area (Å²) in [4.78, 5) is 9.23. The fourth-order valence-corrected chi connectivity index (χ4v) is 3.85. The van der Waals surface area contributed by atoms with Crippen LogP contribution in [0.1, 0.15) is 17.8 Å². The van der Waals surface area contributed by atoms with E-state index in [1.165, 1.54) is 11.3 Å². The van der Waals surface area contributed by atoms with E-state index in [-0.39, 0.29) is 5.48 Å². The zero-order chi connectivity index (χ0) is 17.7. The molecule has 4 N–H and O–H groups in total. The summed E-state index contributed by atoms with van der Waals surface area (Å²) in [5, 5.41) is 5.97. The minimum atomic E-state index is 0. The first-order valence-electron chi connectivity index (χ1n) is 8.89. The molecule has 0 atom stereocenters. The maximum atomic E-state index is 6.07. The van der Waals surface area contributed by atoms with Crippen molar-refractivity contribution in [1.29, 1.82) is 0 Å². The highest BCUT2D eigenvalue weighted by Crippen LogP contribution is 2.39. The minimum absolute atomic E-state index is 0. The van der Waals surface area contributed by atoms with Crippen LogP contribution in [-0.2, 0) is 13.0 Å². The van der Waals surface area contributed by atoms with Crippen LogP contribution >= 0.6 is 0 Å². The van der Waals surface area contributed by atoms with Gasteiger partial charge in [0.2, 0.25) is 0 Å². The van der Waals surface area contributed by atoms with Crippen molar-refractivity contribution in [3.05, 3.63) is 60.0 Å². The lowest BCUT2D eigenvalue weighted by atomic mass is 9.96. The Balaban J connectivity index is 0.00000180. The van der Waals surface area contributed by atoms with Crippen molar-refractivity contribution in [2.75, 3.05) is 5.73 Å². The summed E-state index contributed by atoms with van der Waals surface area (Å²) in [5.74, 6) is 0. The van der Waals surface area contributed by atoms with E-state index >= 15 is 0 Å². The number of benzene rings is 1. The highest BCUT2D eigenvalue weighted by molar-refractivity contribution is 5.99. The van der Waals surface area contributed by atoms with Crippen LogP contribution in [0, 0.1) is 6.92 Å². The van der Waals surface area contributed by atoms with Crippen LogP contribution in [0.4, 0.5) is 5.69 Å². The Morgan fingerprint density at radius 2 is 2.00 bits per heavy atom. The summed E-state index contributed by atoms with van der Waals surface area (Å²) in [6.45, 7) is 2.97. The molecule has 0 fully saturated rings. The summed E-state index contributed by atoms with van der Waals surface area (Å²) in [7, 11) is 0. The lowest BCUT2D eigenvalue weighted by molar-refractivity contribution is 0.658. The number of rotatable bonds is 2. The number of nitrogen functional groups attached to an aromatic ring is 1.